The van der Waals surface area contributed by atoms with Crippen LogP contribution in [0, 0.1) is 0 Å². The van der Waals surface area contributed by atoms with E-state index in [1.54, 1.807) is 0 Å². The van der Waals surface area contributed by atoms with E-state index in [0.717, 1.165) is 5.56 Å². The Morgan fingerprint density at radius 2 is 1.59 bits per heavy atom. The first-order chi connectivity index (χ1) is 13.4. The third kappa shape index (κ3) is 4.46. The van der Waals surface area contributed by atoms with Gasteiger partial charge < -0.3 is 14.6 Å². The summed E-state index contributed by atoms with van der Waals surface area (Å²) in [7, 11) is 0. The number of carbonyl (C=O) groups is 1. The van der Waals surface area contributed by atoms with Crippen LogP contribution in [0.1, 0.15) is 89.8 Å². The van der Waals surface area contributed by atoms with Crippen LogP contribution in [0.5, 0.6) is 0 Å². The van der Waals surface area contributed by atoms with Gasteiger partial charge in [0.25, 0.3) is 0 Å². The van der Waals surface area contributed by atoms with E-state index in [4.69, 9.17) is 9.47 Å². The van der Waals surface area contributed by atoms with Crippen LogP contribution >= 0.6 is 0 Å². The Morgan fingerprint density at radius 1 is 1.10 bits per heavy atom. The minimum absolute atomic E-state index is 0.192. The van der Waals surface area contributed by atoms with Crippen molar-refractivity contribution in [3.8, 4) is 0 Å². The van der Waals surface area contributed by atoms with Crippen molar-refractivity contribution in [2.24, 2.45) is 0 Å². The molecule has 29 heavy (non-hydrogen) atoms. The van der Waals surface area contributed by atoms with Crippen LogP contribution in [0.4, 0.5) is 4.79 Å². The van der Waals surface area contributed by atoms with Crippen LogP contribution in [-0.4, -0.2) is 47.0 Å². The molecule has 2 unspecified atom stereocenters. The van der Waals surface area contributed by atoms with Crippen molar-refractivity contribution in [3.05, 3.63) is 34.9 Å². The molecule has 0 aliphatic carbocycles. The van der Waals surface area contributed by atoms with Crippen molar-refractivity contribution >= 4 is 6.09 Å². The smallest absolute Gasteiger partial charge is 0.410 e. The summed E-state index contributed by atoms with van der Waals surface area (Å²) in [6.07, 6.45) is 0.623. The fourth-order valence-corrected chi connectivity index (χ4v) is 4.88. The molecule has 1 aromatic carbocycles. The summed E-state index contributed by atoms with van der Waals surface area (Å²) in [6, 6.07) is 5.98. The average Bonchev–Trinajstić information content (AvgIpc) is 2.58. The van der Waals surface area contributed by atoms with Crippen molar-refractivity contribution < 1.29 is 19.4 Å². The second kappa shape index (κ2) is 7.92. The van der Waals surface area contributed by atoms with Gasteiger partial charge in [0.05, 0.1) is 30.9 Å². The number of hydrogen-bond acceptors (Lipinski definition) is 4. The van der Waals surface area contributed by atoms with Gasteiger partial charge in [-0.2, -0.15) is 0 Å². The monoisotopic (exact) mass is 403 g/mol. The highest BCUT2D eigenvalue weighted by Gasteiger charge is 2.51. The molecule has 2 heterocycles. The minimum atomic E-state index is -0.974. The van der Waals surface area contributed by atoms with Gasteiger partial charge in [-0.3, -0.25) is 4.90 Å². The number of amides is 1. The zero-order chi connectivity index (χ0) is 21.6. The van der Waals surface area contributed by atoms with Crippen molar-refractivity contribution in [2.45, 2.75) is 96.4 Å². The fourth-order valence-electron chi connectivity index (χ4n) is 4.88. The van der Waals surface area contributed by atoms with E-state index in [-0.39, 0.29) is 18.2 Å². The highest BCUT2D eigenvalue weighted by molar-refractivity contribution is 5.69. The molecule has 5 nitrogen and oxygen atoms in total. The molecule has 0 aromatic heterocycles. The molecule has 2 fully saturated rings. The molecular formula is C24H37NO4. The molecule has 1 amide bonds. The molecule has 2 aliphatic heterocycles. The lowest BCUT2D eigenvalue weighted by Crippen LogP contribution is -2.63. The van der Waals surface area contributed by atoms with Gasteiger partial charge in [0.15, 0.2) is 0 Å². The summed E-state index contributed by atoms with van der Waals surface area (Å²) < 4.78 is 11.4. The molecule has 2 aliphatic rings. The van der Waals surface area contributed by atoms with Crippen LogP contribution in [0.15, 0.2) is 18.2 Å². The van der Waals surface area contributed by atoms with Crippen molar-refractivity contribution in [3.63, 3.8) is 0 Å². The lowest BCUT2D eigenvalue weighted by atomic mass is 9.71. The van der Waals surface area contributed by atoms with Gasteiger partial charge in [-0.15, -0.1) is 0 Å². The van der Waals surface area contributed by atoms with Gasteiger partial charge in [0.2, 0.25) is 0 Å². The van der Waals surface area contributed by atoms with Crippen LogP contribution in [-0.2, 0) is 15.1 Å². The van der Waals surface area contributed by atoms with Crippen molar-refractivity contribution in [1.29, 1.82) is 0 Å². The third-order valence-electron chi connectivity index (χ3n) is 6.00. The van der Waals surface area contributed by atoms with Gasteiger partial charge >= 0.3 is 6.09 Å². The largest absolute Gasteiger partial charge is 0.444 e. The predicted molar refractivity (Wildman–Crippen MR) is 114 cm³/mol. The molecule has 0 spiro atoms. The zero-order valence-corrected chi connectivity index (χ0v) is 19.0. The van der Waals surface area contributed by atoms with E-state index in [0.29, 0.717) is 37.9 Å². The lowest BCUT2D eigenvalue weighted by molar-refractivity contribution is -0.141. The Labute approximate surface area is 175 Å². The maximum absolute atomic E-state index is 12.9. The van der Waals surface area contributed by atoms with Gasteiger partial charge in [-0.05, 0) is 49.3 Å². The summed E-state index contributed by atoms with van der Waals surface area (Å²) in [6.45, 7) is 15.2. The summed E-state index contributed by atoms with van der Waals surface area (Å²) >= 11 is 0. The SMILES string of the molecule is CC(C)c1cccc(C(C)C)c1C1(O)CC2COCC(C1)N2C(=O)OC(C)(C)C. The summed E-state index contributed by atoms with van der Waals surface area (Å²) in [4.78, 5) is 14.7. The Hall–Kier alpha value is -1.59. The molecule has 3 rings (SSSR count). The Bertz CT molecular complexity index is 709. The fraction of sp³-hybridized carbons (Fsp3) is 0.708. The number of fused-ring (bicyclic) bond motifs is 2. The van der Waals surface area contributed by atoms with Crippen molar-refractivity contribution in [2.75, 3.05) is 13.2 Å². The normalized spacial score (nSPS) is 27.4. The average molecular weight is 404 g/mol. The topological polar surface area (TPSA) is 59.0 Å². The predicted octanol–water partition coefficient (Wildman–Crippen LogP) is 4.92. The quantitative estimate of drug-likeness (QED) is 0.778. The van der Waals surface area contributed by atoms with Crippen molar-refractivity contribution in [1.82, 2.24) is 4.90 Å². The van der Waals surface area contributed by atoms with Crippen LogP contribution < -0.4 is 0 Å². The van der Waals surface area contributed by atoms with E-state index in [1.807, 2.05) is 25.7 Å². The number of benzene rings is 1. The zero-order valence-electron chi connectivity index (χ0n) is 19.0. The maximum Gasteiger partial charge on any atom is 0.410 e. The Balaban J connectivity index is 2.00. The first kappa shape index (κ1) is 22.1. The van der Waals surface area contributed by atoms with Gasteiger partial charge in [0.1, 0.15) is 5.60 Å². The molecule has 2 bridgehead atoms. The lowest BCUT2D eigenvalue weighted by Gasteiger charge is -2.52. The number of ether oxygens (including phenoxy) is 2. The van der Waals surface area contributed by atoms with Crippen LogP contribution in [0.25, 0.3) is 0 Å². The first-order valence-electron chi connectivity index (χ1n) is 10.9. The van der Waals surface area contributed by atoms with Crippen LogP contribution in [0.3, 0.4) is 0 Å². The molecule has 1 N–H and O–H groups in total. The number of morpholine rings is 1. The molecule has 0 saturated carbocycles. The summed E-state index contributed by atoms with van der Waals surface area (Å²) in [5.74, 6) is 0.625. The van der Waals surface area contributed by atoms with E-state index < -0.39 is 11.2 Å². The number of carbonyl (C=O) groups excluding carboxylic acids is 1. The summed E-state index contributed by atoms with van der Waals surface area (Å²) in [5, 5.41) is 12.0. The molecule has 2 atom stereocenters. The number of piperidine rings is 1. The van der Waals surface area contributed by atoms with Gasteiger partial charge in [-0.25, -0.2) is 4.79 Å². The highest BCUT2D eigenvalue weighted by atomic mass is 16.6. The first-order valence-corrected chi connectivity index (χ1v) is 10.9. The molecule has 2 saturated heterocycles. The second-order valence-corrected chi connectivity index (χ2v) is 10.3. The number of nitrogens with zero attached hydrogens (tertiary/aromatic N) is 1. The molecule has 1 aromatic rings. The molecule has 162 valence electrons. The van der Waals surface area contributed by atoms with Gasteiger partial charge in [0, 0.05) is 12.8 Å². The van der Waals surface area contributed by atoms with Crippen LogP contribution in [0.2, 0.25) is 0 Å². The second-order valence-electron chi connectivity index (χ2n) is 10.3. The van der Waals surface area contributed by atoms with E-state index in [1.165, 1.54) is 11.1 Å². The van der Waals surface area contributed by atoms with Gasteiger partial charge in [-0.1, -0.05) is 45.9 Å². The Kier molecular flexibility index (Phi) is 6.03. The number of hydrogen-bond donors (Lipinski definition) is 1. The summed E-state index contributed by atoms with van der Waals surface area (Å²) in [5.41, 5.74) is 1.94. The van der Waals surface area contributed by atoms with E-state index >= 15 is 0 Å². The molecule has 5 heteroatoms. The molecule has 0 radical (unpaired) electrons. The highest BCUT2D eigenvalue weighted by Crippen LogP contribution is 2.46. The minimum Gasteiger partial charge on any atom is -0.444 e. The molecular weight excluding hydrogens is 366 g/mol. The van der Waals surface area contributed by atoms with E-state index in [2.05, 4.69) is 45.9 Å². The maximum atomic E-state index is 12.9. The Morgan fingerprint density at radius 3 is 2.00 bits per heavy atom. The number of rotatable bonds is 3. The van der Waals surface area contributed by atoms with E-state index in [9.17, 15) is 9.90 Å². The third-order valence-corrected chi connectivity index (χ3v) is 6.00. The standard InChI is InChI=1S/C24H37NO4/c1-15(2)19-9-8-10-20(16(3)4)21(19)24(27)11-17-13-28-14-18(12-24)25(17)22(26)29-23(5,6)7/h8-10,15-18,27H,11-14H2,1-7H3. The number of aliphatic hydroxyl groups is 1.